The van der Waals surface area contributed by atoms with E-state index in [4.69, 9.17) is 15.9 Å². The lowest BCUT2D eigenvalue weighted by atomic mass is 10.0. The normalized spacial score (nSPS) is 12.5. The number of aliphatic hydroxyl groups is 1. The van der Waals surface area contributed by atoms with Gasteiger partial charge in [0, 0.05) is 4.47 Å². The summed E-state index contributed by atoms with van der Waals surface area (Å²) in [6.45, 7) is -0.276. The third kappa shape index (κ3) is 2.31. The third-order valence-electron chi connectivity index (χ3n) is 1.84. The lowest BCUT2D eigenvalue weighted by Gasteiger charge is -2.11. The predicted molar refractivity (Wildman–Crippen MR) is 55.1 cm³/mol. The van der Waals surface area contributed by atoms with E-state index in [2.05, 4.69) is 15.9 Å². The summed E-state index contributed by atoms with van der Waals surface area (Å²) < 4.78 is 0.670. The average Bonchev–Trinajstić information content (AvgIpc) is 2.16. The topological polar surface area (TPSA) is 83.5 Å². The number of carboxylic acid groups (broad SMARTS) is 1. The van der Waals surface area contributed by atoms with Crippen LogP contribution in [-0.4, -0.2) is 22.8 Å². The Hall–Kier alpha value is -0.910. The zero-order chi connectivity index (χ0) is 10.7. The van der Waals surface area contributed by atoms with Crippen molar-refractivity contribution in [3.63, 3.8) is 0 Å². The Morgan fingerprint density at radius 3 is 2.71 bits per heavy atom. The summed E-state index contributed by atoms with van der Waals surface area (Å²) in [6.07, 6.45) is 0. The number of carbonyl (C=O) groups is 1. The minimum Gasteiger partial charge on any atom is -0.478 e. The first-order valence-electron chi connectivity index (χ1n) is 3.95. The van der Waals surface area contributed by atoms with Crippen LogP contribution < -0.4 is 5.73 Å². The Morgan fingerprint density at radius 1 is 1.57 bits per heavy atom. The number of hydrogen-bond acceptors (Lipinski definition) is 3. The fourth-order valence-electron chi connectivity index (χ4n) is 1.14. The van der Waals surface area contributed by atoms with Gasteiger partial charge in [0.25, 0.3) is 0 Å². The first kappa shape index (κ1) is 11.2. The second kappa shape index (κ2) is 4.54. The lowest BCUT2D eigenvalue weighted by Crippen LogP contribution is -2.18. The van der Waals surface area contributed by atoms with Gasteiger partial charge in [-0.25, -0.2) is 4.79 Å². The van der Waals surface area contributed by atoms with Gasteiger partial charge in [0.05, 0.1) is 18.2 Å². The standard InChI is InChI=1S/C9H10BrNO3/c10-5-1-2-6(8(11)4-12)7(3-5)9(13)14/h1-3,8,12H,4,11H2,(H,13,14)/t8-/m1/s1. The highest BCUT2D eigenvalue weighted by Gasteiger charge is 2.15. The Bertz CT molecular complexity index is 354. The summed E-state index contributed by atoms with van der Waals surface area (Å²) in [5, 5.41) is 17.7. The summed E-state index contributed by atoms with van der Waals surface area (Å²) in [5.41, 5.74) is 6.10. The number of hydrogen-bond donors (Lipinski definition) is 3. The Kier molecular flexibility index (Phi) is 3.62. The Balaban J connectivity index is 3.21. The molecular formula is C9H10BrNO3. The first-order valence-corrected chi connectivity index (χ1v) is 4.74. The number of halogens is 1. The van der Waals surface area contributed by atoms with Crippen molar-refractivity contribution in [2.24, 2.45) is 5.73 Å². The smallest absolute Gasteiger partial charge is 0.336 e. The maximum Gasteiger partial charge on any atom is 0.336 e. The molecular weight excluding hydrogens is 250 g/mol. The second-order valence-electron chi connectivity index (χ2n) is 2.83. The van der Waals surface area contributed by atoms with Crippen molar-refractivity contribution < 1.29 is 15.0 Å². The number of benzene rings is 1. The molecule has 5 heteroatoms. The van der Waals surface area contributed by atoms with E-state index in [-0.39, 0.29) is 12.2 Å². The highest BCUT2D eigenvalue weighted by molar-refractivity contribution is 9.10. The SMILES string of the molecule is N[C@H](CO)c1ccc(Br)cc1C(=O)O. The van der Waals surface area contributed by atoms with Gasteiger partial charge in [-0.2, -0.15) is 0 Å². The average molecular weight is 260 g/mol. The van der Waals surface area contributed by atoms with Crippen molar-refractivity contribution >= 4 is 21.9 Å². The van der Waals surface area contributed by atoms with E-state index in [9.17, 15) is 4.79 Å². The van der Waals surface area contributed by atoms with Crippen molar-refractivity contribution in [1.29, 1.82) is 0 Å². The molecule has 0 aliphatic heterocycles. The van der Waals surface area contributed by atoms with Crippen molar-refractivity contribution in [2.75, 3.05) is 6.61 Å². The van der Waals surface area contributed by atoms with Crippen molar-refractivity contribution in [3.8, 4) is 0 Å². The molecule has 4 N–H and O–H groups in total. The van der Waals surface area contributed by atoms with E-state index in [1.165, 1.54) is 6.07 Å². The van der Waals surface area contributed by atoms with Gasteiger partial charge in [-0.3, -0.25) is 0 Å². The second-order valence-corrected chi connectivity index (χ2v) is 3.74. The summed E-state index contributed by atoms with van der Waals surface area (Å²) in [5.74, 6) is -1.05. The minimum absolute atomic E-state index is 0.112. The molecule has 0 spiro atoms. The minimum atomic E-state index is -1.05. The third-order valence-corrected chi connectivity index (χ3v) is 2.34. The Morgan fingerprint density at radius 2 is 2.21 bits per heavy atom. The van der Waals surface area contributed by atoms with Gasteiger partial charge in [-0.15, -0.1) is 0 Å². The van der Waals surface area contributed by atoms with Crippen LogP contribution in [-0.2, 0) is 0 Å². The lowest BCUT2D eigenvalue weighted by molar-refractivity contribution is 0.0694. The summed E-state index contributed by atoms with van der Waals surface area (Å²) in [4.78, 5) is 10.8. The largest absolute Gasteiger partial charge is 0.478 e. The number of aliphatic hydroxyl groups excluding tert-OH is 1. The van der Waals surface area contributed by atoms with Gasteiger partial charge >= 0.3 is 5.97 Å². The molecule has 0 aliphatic carbocycles. The molecule has 14 heavy (non-hydrogen) atoms. The monoisotopic (exact) mass is 259 g/mol. The molecule has 1 aromatic rings. The molecule has 0 heterocycles. The number of nitrogens with two attached hydrogens (primary N) is 1. The molecule has 1 rings (SSSR count). The Labute approximate surface area is 89.5 Å². The van der Waals surface area contributed by atoms with Crippen LogP contribution in [0.1, 0.15) is 22.0 Å². The molecule has 0 aliphatic rings. The molecule has 0 aromatic heterocycles. The van der Waals surface area contributed by atoms with Crippen molar-refractivity contribution in [3.05, 3.63) is 33.8 Å². The van der Waals surface area contributed by atoms with Crippen molar-refractivity contribution in [2.45, 2.75) is 6.04 Å². The zero-order valence-corrected chi connectivity index (χ0v) is 8.86. The molecule has 0 fully saturated rings. The number of rotatable bonds is 3. The van der Waals surface area contributed by atoms with Gasteiger partial charge in [0.2, 0.25) is 0 Å². The van der Waals surface area contributed by atoms with E-state index in [1.807, 2.05) is 0 Å². The molecule has 4 nitrogen and oxygen atoms in total. The van der Waals surface area contributed by atoms with Crippen LogP contribution in [0.4, 0.5) is 0 Å². The predicted octanol–water partition coefficient (Wildman–Crippen LogP) is 1.14. The van der Waals surface area contributed by atoms with Crippen LogP contribution in [0.5, 0.6) is 0 Å². The molecule has 76 valence electrons. The first-order chi connectivity index (χ1) is 6.56. The van der Waals surface area contributed by atoms with Gasteiger partial charge in [-0.05, 0) is 17.7 Å². The van der Waals surface area contributed by atoms with Crippen LogP contribution >= 0.6 is 15.9 Å². The van der Waals surface area contributed by atoms with Crippen LogP contribution in [0, 0.1) is 0 Å². The molecule has 0 radical (unpaired) electrons. The van der Waals surface area contributed by atoms with E-state index in [1.54, 1.807) is 12.1 Å². The number of aromatic carboxylic acids is 1. The molecule has 1 atom stereocenters. The zero-order valence-electron chi connectivity index (χ0n) is 7.27. The fraction of sp³-hybridized carbons (Fsp3) is 0.222. The highest BCUT2D eigenvalue weighted by Crippen LogP contribution is 2.20. The molecule has 0 unspecified atom stereocenters. The number of carboxylic acids is 1. The van der Waals surface area contributed by atoms with Crippen LogP contribution in [0.3, 0.4) is 0 Å². The highest BCUT2D eigenvalue weighted by atomic mass is 79.9. The maximum atomic E-state index is 10.8. The van der Waals surface area contributed by atoms with E-state index >= 15 is 0 Å². The van der Waals surface area contributed by atoms with Gasteiger partial charge in [0.15, 0.2) is 0 Å². The van der Waals surface area contributed by atoms with Crippen LogP contribution in [0.2, 0.25) is 0 Å². The molecule has 0 saturated carbocycles. The molecule has 0 bridgehead atoms. The van der Waals surface area contributed by atoms with Crippen LogP contribution in [0.15, 0.2) is 22.7 Å². The quantitative estimate of drug-likeness (QED) is 0.760. The van der Waals surface area contributed by atoms with E-state index in [0.717, 1.165) is 0 Å². The van der Waals surface area contributed by atoms with Crippen LogP contribution in [0.25, 0.3) is 0 Å². The van der Waals surface area contributed by atoms with Gasteiger partial charge < -0.3 is 15.9 Å². The summed E-state index contributed by atoms with van der Waals surface area (Å²) in [6, 6.07) is 4.09. The maximum absolute atomic E-state index is 10.8. The summed E-state index contributed by atoms with van der Waals surface area (Å²) in [7, 11) is 0. The van der Waals surface area contributed by atoms with Gasteiger partial charge in [-0.1, -0.05) is 22.0 Å². The molecule has 0 amide bonds. The van der Waals surface area contributed by atoms with E-state index in [0.29, 0.717) is 10.0 Å². The van der Waals surface area contributed by atoms with Gasteiger partial charge in [0.1, 0.15) is 0 Å². The van der Waals surface area contributed by atoms with E-state index < -0.39 is 12.0 Å². The summed E-state index contributed by atoms with van der Waals surface area (Å²) >= 11 is 3.17. The fourth-order valence-corrected chi connectivity index (χ4v) is 1.50. The molecule has 0 saturated heterocycles. The molecule has 1 aromatic carbocycles. The van der Waals surface area contributed by atoms with Crippen molar-refractivity contribution in [1.82, 2.24) is 0 Å².